The molecule has 2 fully saturated rings. The summed E-state index contributed by atoms with van der Waals surface area (Å²) < 4.78 is 8.30. The van der Waals surface area contributed by atoms with Crippen LogP contribution in [0.5, 0.6) is 0 Å². The first-order valence-corrected chi connectivity index (χ1v) is 11.5. The van der Waals surface area contributed by atoms with Crippen LogP contribution in [-0.2, 0) is 22.5 Å². The summed E-state index contributed by atoms with van der Waals surface area (Å²) in [4.78, 5) is 22.1. The van der Waals surface area contributed by atoms with Gasteiger partial charge in [0.15, 0.2) is 0 Å². The van der Waals surface area contributed by atoms with Crippen LogP contribution >= 0.6 is 0 Å². The van der Waals surface area contributed by atoms with Crippen molar-refractivity contribution in [2.45, 2.75) is 57.4 Å². The second-order valence-corrected chi connectivity index (χ2v) is 8.52. The second-order valence-electron chi connectivity index (χ2n) is 8.52. The number of aromatic nitrogens is 2. The van der Waals surface area contributed by atoms with E-state index < -0.39 is 0 Å². The Balaban J connectivity index is 1.48. The Bertz CT molecular complexity index is 832. The molecule has 4 rings (SSSR count). The molecule has 0 radical (unpaired) electrons. The number of benzene rings is 1. The third kappa shape index (κ3) is 5.34. The first-order chi connectivity index (χ1) is 15.2. The zero-order valence-electron chi connectivity index (χ0n) is 18.4. The van der Waals surface area contributed by atoms with Crippen LogP contribution < -0.4 is 0 Å². The molecule has 168 valence electrons. The Morgan fingerprint density at radius 2 is 1.97 bits per heavy atom. The first-order valence-electron chi connectivity index (χ1n) is 11.5. The predicted octanol–water partition coefficient (Wildman–Crippen LogP) is 2.26. The Hall–Kier alpha value is -2.22. The molecule has 7 heteroatoms. The number of nitrogens with zero attached hydrogens (tertiary/aromatic N) is 4. The zero-order chi connectivity index (χ0) is 21.6. The van der Waals surface area contributed by atoms with E-state index in [9.17, 15) is 9.90 Å². The summed E-state index contributed by atoms with van der Waals surface area (Å²) in [5.74, 6) is 1.17. The highest BCUT2D eigenvalue weighted by Crippen LogP contribution is 2.31. The Morgan fingerprint density at radius 3 is 2.71 bits per heavy atom. The van der Waals surface area contributed by atoms with Gasteiger partial charge in [0.2, 0.25) is 5.91 Å². The molecule has 1 aromatic carbocycles. The molecule has 0 unspecified atom stereocenters. The molecule has 31 heavy (non-hydrogen) atoms. The number of piperidine rings is 1. The highest BCUT2D eigenvalue weighted by Gasteiger charge is 2.37. The van der Waals surface area contributed by atoms with Gasteiger partial charge in [0.25, 0.3) is 0 Å². The van der Waals surface area contributed by atoms with Crippen LogP contribution in [-0.4, -0.2) is 75.4 Å². The van der Waals surface area contributed by atoms with Gasteiger partial charge in [-0.2, -0.15) is 0 Å². The minimum Gasteiger partial charge on any atom is -0.393 e. The highest BCUT2D eigenvalue weighted by molar-refractivity contribution is 5.77. The minimum atomic E-state index is -0.192. The van der Waals surface area contributed by atoms with E-state index >= 15 is 0 Å². The lowest BCUT2D eigenvalue weighted by molar-refractivity contribution is -0.149. The SMILES string of the molecule is CCc1nccn1CCC(=O)N1CCO[C@@H](CN2CCC(O)CC2)[C@@H]1c1ccccc1. The maximum absolute atomic E-state index is 13.3. The van der Waals surface area contributed by atoms with Gasteiger partial charge < -0.3 is 24.2 Å². The summed E-state index contributed by atoms with van der Waals surface area (Å²) in [5.41, 5.74) is 1.12. The Kier molecular flexibility index (Phi) is 7.37. The van der Waals surface area contributed by atoms with Gasteiger partial charge in [-0.05, 0) is 18.4 Å². The number of aryl methyl sites for hydroxylation is 2. The van der Waals surface area contributed by atoms with E-state index in [0.29, 0.717) is 26.1 Å². The Morgan fingerprint density at radius 1 is 1.19 bits per heavy atom. The van der Waals surface area contributed by atoms with Gasteiger partial charge in [-0.15, -0.1) is 0 Å². The van der Waals surface area contributed by atoms with Crippen molar-refractivity contribution < 1.29 is 14.6 Å². The summed E-state index contributed by atoms with van der Waals surface area (Å²) in [6.07, 6.45) is 6.40. The molecule has 2 saturated heterocycles. The number of hydrogen-bond acceptors (Lipinski definition) is 5. The summed E-state index contributed by atoms with van der Waals surface area (Å²) in [7, 11) is 0. The average Bonchev–Trinajstić information content (AvgIpc) is 3.27. The van der Waals surface area contributed by atoms with Crippen molar-refractivity contribution in [1.82, 2.24) is 19.4 Å². The standard InChI is InChI=1S/C24H34N4O3/c1-2-22-25-11-15-27(22)14-10-23(30)28-16-17-31-21(18-26-12-8-20(29)9-13-26)24(28)19-6-4-3-5-7-19/h3-7,11,15,20-21,24,29H,2,8-10,12-14,16-18H2,1H3/t21-,24-/m0/s1. The molecule has 1 N–H and O–H groups in total. The number of aliphatic hydroxyl groups is 1. The molecule has 1 amide bonds. The molecule has 1 aromatic heterocycles. The molecule has 0 aliphatic carbocycles. The monoisotopic (exact) mass is 426 g/mol. The first kappa shape index (κ1) is 22.0. The van der Waals surface area contributed by atoms with E-state index in [1.165, 1.54) is 0 Å². The number of hydrogen-bond donors (Lipinski definition) is 1. The van der Waals surface area contributed by atoms with Crippen molar-refractivity contribution in [3.8, 4) is 0 Å². The lowest BCUT2D eigenvalue weighted by Gasteiger charge is -2.44. The van der Waals surface area contributed by atoms with Crippen LogP contribution in [0.25, 0.3) is 0 Å². The summed E-state index contributed by atoms with van der Waals surface area (Å²) in [5, 5.41) is 9.84. The van der Waals surface area contributed by atoms with Gasteiger partial charge in [-0.1, -0.05) is 37.3 Å². The normalized spacial score (nSPS) is 23.2. The average molecular weight is 427 g/mol. The van der Waals surface area contributed by atoms with E-state index in [1.807, 2.05) is 29.3 Å². The topological polar surface area (TPSA) is 70.8 Å². The largest absolute Gasteiger partial charge is 0.393 e. The molecule has 0 spiro atoms. The Labute approximate surface area is 184 Å². The molecule has 0 bridgehead atoms. The van der Waals surface area contributed by atoms with Crippen LogP contribution in [0.15, 0.2) is 42.7 Å². The fraction of sp³-hybridized carbons (Fsp3) is 0.583. The van der Waals surface area contributed by atoms with Crippen molar-refractivity contribution in [2.24, 2.45) is 0 Å². The van der Waals surface area contributed by atoms with Crippen molar-refractivity contribution in [1.29, 1.82) is 0 Å². The lowest BCUT2D eigenvalue weighted by atomic mass is 9.96. The van der Waals surface area contributed by atoms with Gasteiger partial charge in [-0.25, -0.2) is 4.98 Å². The molecular weight excluding hydrogens is 392 g/mol. The molecule has 2 aliphatic heterocycles. The second kappa shape index (κ2) is 10.4. The van der Waals surface area contributed by atoms with Crippen molar-refractivity contribution in [3.63, 3.8) is 0 Å². The smallest absolute Gasteiger partial charge is 0.225 e. The highest BCUT2D eigenvalue weighted by atomic mass is 16.5. The number of carbonyl (C=O) groups is 1. The number of imidazole rings is 1. The van der Waals surface area contributed by atoms with Gasteiger partial charge in [0.05, 0.1) is 24.9 Å². The van der Waals surface area contributed by atoms with E-state index in [1.54, 1.807) is 6.20 Å². The van der Waals surface area contributed by atoms with Crippen LogP contribution in [0.4, 0.5) is 0 Å². The zero-order valence-corrected chi connectivity index (χ0v) is 18.4. The van der Waals surface area contributed by atoms with Gasteiger partial charge in [0, 0.05) is 58.0 Å². The van der Waals surface area contributed by atoms with Crippen LogP contribution in [0.3, 0.4) is 0 Å². The molecule has 3 heterocycles. The number of ether oxygens (including phenoxy) is 1. The molecule has 2 atom stereocenters. The summed E-state index contributed by atoms with van der Waals surface area (Å²) >= 11 is 0. The number of amides is 1. The van der Waals surface area contributed by atoms with Crippen LogP contribution in [0.2, 0.25) is 0 Å². The van der Waals surface area contributed by atoms with Crippen molar-refractivity contribution >= 4 is 5.91 Å². The van der Waals surface area contributed by atoms with Gasteiger partial charge in [-0.3, -0.25) is 4.79 Å². The fourth-order valence-corrected chi connectivity index (χ4v) is 4.78. The number of likely N-dealkylation sites (tertiary alicyclic amines) is 1. The van der Waals surface area contributed by atoms with Crippen molar-refractivity contribution in [2.75, 3.05) is 32.8 Å². The summed E-state index contributed by atoms with van der Waals surface area (Å²) in [6, 6.07) is 10.2. The molecule has 7 nitrogen and oxygen atoms in total. The summed E-state index contributed by atoms with van der Waals surface area (Å²) in [6.45, 7) is 6.42. The number of rotatable bonds is 7. The number of aliphatic hydroxyl groups excluding tert-OH is 1. The maximum Gasteiger partial charge on any atom is 0.225 e. The molecule has 2 aromatic rings. The van der Waals surface area contributed by atoms with Gasteiger partial charge >= 0.3 is 0 Å². The minimum absolute atomic E-state index is 0.0743. The van der Waals surface area contributed by atoms with Crippen LogP contribution in [0.1, 0.15) is 43.6 Å². The van der Waals surface area contributed by atoms with E-state index in [-0.39, 0.29) is 24.2 Å². The number of carbonyl (C=O) groups excluding carboxylic acids is 1. The van der Waals surface area contributed by atoms with E-state index in [2.05, 4.69) is 33.5 Å². The lowest BCUT2D eigenvalue weighted by Crippen LogP contribution is -2.53. The van der Waals surface area contributed by atoms with Crippen LogP contribution in [0, 0.1) is 0 Å². The molecule has 2 aliphatic rings. The number of morpholine rings is 1. The van der Waals surface area contributed by atoms with E-state index in [4.69, 9.17) is 4.74 Å². The van der Waals surface area contributed by atoms with Crippen molar-refractivity contribution in [3.05, 3.63) is 54.1 Å². The quantitative estimate of drug-likeness (QED) is 0.735. The third-order valence-corrected chi connectivity index (χ3v) is 6.49. The maximum atomic E-state index is 13.3. The predicted molar refractivity (Wildman–Crippen MR) is 119 cm³/mol. The third-order valence-electron chi connectivity index (χ3n) is 6.49. The van der Waals surface area contributed by atoms with Gasteiger partial charge in [0.1, 0.15) is 5.82 Å². The fourth-order valence-electron chi connectivity index (χ4n) is 4.78. The molecular formula is C24H34N4O3. The molecule has 0 saturated carbocycles. The van der Waals surface area contributed by atoms with E-state index in [0.717, 1.165) is 50.3 Å².